The molecule has 0 unspecified atom stereocenters. The van der Waals surface area contributed by atoms with Crippen molar-refractivity contribution >= 4 is 11.7 Å². The van der Waals surface area contributed by atoms with Crippen LogP contribution in [-0.4, -0.2) is 12.1 Å². The van der Waals surface area contributed by atoms with E-state index in [0.717, 1.165) is 25.7 Å². The average molecular weight is 290 g/mol. The highest BCUT2D eigenvalue weighted by Gasteiger charge is 2.31. The van der Waals surface area contributed by atoms with Crippen molar-refractivity contribution in [3.05, 3.63) is 29.6 Å². The zero-order valence-electron chi connectivity index (χ0n) is 10.6. The van der Waals surface area contributed by atoms with Gasteiger partial charge in [0.15, 0.2) is 0 Å². The topological polar surface area (TPSA) is 41.1 Å². The standard InChI is InChI=1S/C13H14F4N2O/c14-10-6-5-8(13(15,16)17)7-11(10)19-12(20)18-9-3-1-2-4-9/h5-7,9H,1-4H2,(H2,18,19,20). The fourth-order valence-electron chi connectivity index (χ4n) is 2.21. The molecule has 7 heteroatoms. The number of amides is 2. The van der Waals surface area contributed by atoms with E-state index in [1.54, 1.807) is 0 Å². The molecule has 20 heavy (non-hydrogen) atoms. The molecule has 110 valence electrons. The normalized spacial score (nSPS) is 16.2. The Morgan fingerprint density at radius 2 is 1.85 bits per heavy atom. The quantitative estimate of drug-likeness (QED) is 0.797. The van der Waals surface area contributed by atoms with Crippen molar-refractivity contribution < 1.29 is 22.4 Å². The SMILES string of the molecule is O=C(Nc1cc(C(F)(F)F)ccc1F)NC1CCCC1. The molecule has 0 heterocycles. The van der Waals surface area contributed by atoms with Gasteiger partial charge >= 0.3 is 12.2 Å². The third-order valence-corrected chi connectivity index (χ3v) is 3.23. The predicted octanol–water partition coefficient (Wildman–Crippen LogP) is 3.91. The molecule has 2 amide bonds. The third kappa shape index (κ3) is 3.61. The first-order valence-electron chi connectivity index (χ1n) is 6.30. The number of benzene rings is 1. The Morgan fingerprint density at radius 1 is 1.20 bits per heavy atom. The number of carbonyl (C=O) groups excluding carboxylic acids is 1. The minimum absolute atomic E-state index is 0.00357. The summed E-state index contributed by atoms with van der Waals surface area (Å²) in [7, 11) is 0. The number of halogens is 4. The van der Waals surface area contributed by atoms with E-state index in [1.165, 1.54) is 0 Å². The van der Waals surface area contributed by atoms with Gasteiger partial charge < -0.3 is 10.6 Å². The Morgan fingerprint density at radius 3 is 2.45 bits per heavy atom. The van der Waals surface area contributed by atoms with Gasteiger partial charge in [-0.1, -0.05) is 12.8 Å². The highest BCUT2D eigenvalue weighted by molar-refractivity contribution is 5.89. The smallest absolute Gasteiger partial charge is 0.335 e. The number of urea groups is 1. The lowest BCUT2D eigenvalue weighted by molar-refractivity contribution is -0.137. The molecule has 0 spiro atoms. The third-order valence-electron chi connectivity index (χ3n) is 3.23. The predicted molar refractivity (Wildman–Crippen MR) is 65.8 cm³/mol. The second kappa shape index (κ2) is 5.68. The first-order valence-corrected chi connectivity index (χ1v) is 6.30. The van der Waals surface area contributed by atoms with Gasteiger partial charge in [0.25, 0.3) is 0 Å². The zero-order valence-corrected chi connectivity index (χ0v) is 10.6. The second-order valence-electron chi connectivity index (χ2n) is 4.77. The van der Waals surface area contributed by atoms with E-state index in [2.05, 4.69) is 10.6 Å². The maximum atomic E-state index is 13.4. The molecule has 1 aromatic carbocycles. The van der Waals surface area contributed by atoms with Gasteiger partial charge in [0.2, 0.25) is 0 Å². The van der Waals surface area contributed by atoms with E-state index in [-0.39, 0.29) is 6.04 Å². The molecule has 0 saturated heterocycles. The van der Waals surface area contributed by atoms with Crippen LogP contribution in [0, 0.1) is 5.82 Å². The summed E-state index contributed by atoms with van der Waals surface area (Å²) in [6.07, 6.45) is -0.908. The number of nitrogens with one attached hydrogen (secondary N) is 2. The second-order valence-corrected chi connectivity index (χ2v) is 4.77. The summed E-state index contributed by atoms with van der Waals surface area (Å²) in [5, 5.41) is 4.74. The van der Waals surface area contributed by atoms with Gasteiger partial charge in [-0.05, 0) is 31.0 Å². The van der Waals surface area contributed by atoms with E-state index in [4.69, 9.17) is 0 Å². The highest BCUT2D eigenvalue weighted by Crippen LogP contribution is 2.31. The molecule has 1 saturated carbocycles. The number of hydrogen-bond acceptors (Lipinski definition) is 1. The van der Waals surface area contributed by atoms with Gasteiger partial charge in [-0.3, -0.25) is 0 Å². The molecule has 0 aliphatic heterocycles. The maximum Gasteiger partial charge on any atom is 0.416 e. The van der Waals surface area contributed by atoms with E-state index in [1.807, 2.05) is 0 Å². The van der Waals surface area contributed by atoms with Crippen molar-refractivity contribution in [1.82, 2.24) is 5.32 Å². The minimum atomic E-state index is -4.58. The Balaban J connectivity index is 2.06. The summed E-state index contributed by atoms with van der Waals surface area (Å²) in [6, 6.07) is 1.23. The van der Waals surface area contributed by atoms with Crippen LogP contribution in [0.1, 0.15) is 31.2 Å². The van der Waals surface area contributed by atoms with E-state index < -0.39 is 29.3 Å². The van der Waals surface area contributed by atoms with Crippen LogP contribution < -0.4 is 10.6 Å². The molecule has 2 N–H and O–H groups in total. The largest absolute Gasteiger partial charge is 0.416 e. The van der Waals surface area contributed by atoms with Crippen LogP contribution in [0.3, 0.4) is 0 Å². The van der Waals surface area contributed by atoms with E-state index in [0.29, 0.717) is 18.2 Å². The number of anilines is 1. The van der Waals surface area contributed by atoms with Gasteiger partial charge in [0.05, 0.1) is 11.3 Å². The van der Waals surface area contributed by atoms with Crippen molar-refractivity contribution in [2.45, 2.75) is 37.9 Å². The summed E-state index contributed by atoms with van der Waals surface area (Å²) >= 11 is 0. The first-order chi connectivity index (χ1) is 9.36. The summed E-state index contributed by atoms with van der Waals surface area (Å²) in [4.78, 5) is 11.6. The molecule has 2 rings (SSSR count). The molecule has 3 nitrogen and oxygen atoms in total. The Kier molecular flexibility index (Phi) is 4.15. The Bertz CT molecular complexity index is 496. The van der Waals surface area contributed by atoms with Gasteiger partial charge in [-0.15, -0.1) is 0 Å². The average Bonchev–Trinajstić information content (AvgIpc) is 2.83. The van der Waals surface area contributed by atoms with Crippen LogP contribution >= 0.6 is 0 Å². The molecule has 0 aromatic heterocycles. The van der Waals surface area contributed by atoms with Crippen LogP contribution in [0.4, 0.5) is 28.0 Å². The van der Waals surface area contributed by atoms with Crippen LogP contribution in [0.25, 0.3) is 0 Å². The van der Waals surface area contributed by atoms with Gasteiger partial charge in [0.1, 0.15) is 5.82 Å². The molecule has 1 aromatic rings. The van der Waals surface area contributed by atoms with Crippen molar-refractivity contribution in [2.75, 3.05) is 5.32 Å². The molecule has 0 atom stereocenters. The first kappa shape index (κ1) is 14.6. The van der Waals surface area contributed by atoms with Crippen molar-refractivity contribution in [3.63, 3.8) is 0 Å². The fraction of sp³-hybridized carbons (Fsp3) is 0.462. The maximum absolute atomic E-state index is 13.4. The lowest BCUT2D eigenvalue weighted by atomic mass is 10.2. The molecule has 0 radical (unpaired) electrons. The van der Waals surface area contributed by atoms with Crippen LogP contribution in [0.2, 0.25) is 0 Å². The number of rotatable bonds is 2. The Labute approximate surface area is 113 Å². The van der Waals surface area contributed by atoms with Gasteiger partial charge in [-0.25, -0.2) is 9.18 Å². The highest BCUT2D eigenvalue weighted by atomic mass is 19.4. The lowest BCUT2D eigenvalue weighted by Gasteiger charge is -2.14. The number of hydrogen-bond donors (Lipinski definition) is 2. The number of carbonyl (C=O) groups is 1. The molecule has 1 aliphatic rings. The summed E-state index contributed by atoms with van der Waals surface area (Å²) in [6.45, 7) is 0. The van der Waals surface area contributed by atoms with Crippen LogP contribution in [0.5, 0.6) is 0 Å². The summed E-state index contributed by atoms with van der Waals surface area (Å²) < 4.78 is 51.0. The molecule has 1 aliphatic carbocycles. The monoisotopic (exact) mass is 290 g/mol. The molecule has 1 fully saturated rings. The Hall–Kier alpha value is -1.79. The van der Waals surface area contributed by atoms with Crippen molar-refractivity contribution in [2.24, 2.45) is 0 Å². The molecular formula is C13H14F4N2O. The van der Waals surface area contributed by atoms with E-state index in [9.17, 15) is 22.4 Å². The molecule has 0 bridgehead atoms. The zero-order chi connectivity index (χ0) is 14.8. The summed E-state index contributed by atoms with van der Waals surface area (Å²) in [5.74, 6) is -0.903. The van der Waals surface area contributed by atoms with Gasteiger partial charge in [-0.2, -0.15) is 13.2 Å². The van der Waals surface area contributed by atoms with Gasteiger partial charge in [0, 0.05) is 6.04 Å². The van der Waals surface area contributed by atoms with E-state index >= 15 is 0 Å². The summed E-state index contributed by atoms with van der Waals surface area (Å²) in [5.41, 5.74) is -1.48. The van der Waals surface area contributed by atoms with Crippen molar-refractivity contribution in [3.8, 4) is 0 Å². The molecular weight excluding hydrogens is 276 g/mol. The lowest BCUT2D eigenvalue weighted by Crippen LogP contribution is -2.36. The fourth-order valence-corrected chi connectivity index (χ4v) is 2.21. The van der Waals surface area contributed by atoms with Crippen LogP contribution in [0.15, 0.2) is 18.2 Å². The van der Waals surface area contributed by atoms with Crippen LogP contribution in [-0.2, 0) is 6.18 Å². The van der Waals surface area contributed by atoms with Crippen molar-refractivity contribution in [1.29, 1.82) is 0 Å². The number of alkyl halides is 3. The minimum Gasteiger partial charge on any atom is -0.335 e.